The van der Waals surface area contributed by atoms with E-state index < -0.39 is 0 Å². The van der Waals surface area contributed by atoms with E-state index in [1.807, 2.05) is 13.0 Å². The minimum atomic E-state index is -0.120. The normalized spacial score (nSPS) is 19.9. The van der Waals surface area contributed by atoms with Gasteiger partial charge in [-0.15, -0.1) is 10.2 Å². The summed E-state index contributed by atoms with van der Waals surface area (Å²) in [7, 11) is 0. The van der Waals surface area contributed by atoms with Crippen LogP contribution in [0.15, 0.2) is 22.6 Å². The lowest BCUT2D eigenvalue weighted by atomic mass is 10.0. The highest BCUT2D eigenvalue weighted by atomic mass is 16.4. The molecule has 3 rings (SSSR count). The van der Waals surface area contributed by atoms with E-state index in [9.17, 15) is 4.79 Å². The third kappa shape index (κ3) is 3.62. The van der Waals surface area contributed by atoms with Crippen molar-refractivity contribution in [2.45, 2.75) is 45.6 Å². The molecule has 124 valence electrons. The maximum Gasteiger partial charge on any atom is 0.251 e. The van der Waals surface area contributed by atoms with Crippen molar-refractivity contribution in [3.8, 4) is 6.07 Å². The van der Waals surface area contributed by atoms with Crippen LogP contribution in [0.3, 0.4) is 0 Å². The van der Waals surface area contributed by atoms with E-state index in [2.05, 4.69) is 21.6 Å². The Bertz CT molecular complexity index is 791. The van der Waals surface area contributed by atoms with Gasteiger partial charge in [0, 0.05) is 24.9 Å². The van der Waals surface area contributed by atoms with Gasteiger partial charge in [-0.1, -0.05) is 6.07 Å². The van der Waals surface area contributed by atoms with Crippen LogP contribution in [0, 0.1) is 31.1 Å². The average Bonchev–Trinajstić information content (AvgIpc) is 3.17. The molecule has 6 nitrogen and oxygen atoms in total. The smallest absolute Gasteiger partial charge is 0.251 e. The third-order valence-corrected chi connectivity index (χ3v) is 4.53. The molecule has 0 saturated heterocycles. The monoisotopic (exact) mass is 324 g/mol. The number of amides is 1. The molecule has 1 aliphatic carbocycles. The topological polar surface area (TPSA) is 91.8 Å². The molecule has 1 saturated carbocycles. The minimum absolute atomic E-state index is 0.120. The van der Waals surface area contributed by atoms with Crippen molar-refractivity contribution in [2.24, 2.45) is 5.92 Å². The first kappa shape index (κ1) is 16.2. The second-order valence-electron chi connectivity index (χ2n) is 6.41. The first-order valence-electron chi connectivity index (χ1n) is 8.15. The Balaban J connectivity index is 1.57. The van der Waals surface area contributed by atoms with Crippen molar-refractivity contribution in [2.75, 3.05) is 0 Å². The van der Waals surface area contributed by atoms with Crippen LogP contribution in [0.5, 0.6) is 0 Å². The van der Waals surface area contributed by atoms with Gasteiger partial charge in [-0.05, 0) is 49.8 Å². The fraction of sp³-hybridized carbons (Fsp3) is 0.444. The van der Waals surface area contributed by atoms with E-state index in [0.717, 1.165) is 31.2 Å². The van der Waals surface area contributed by atoms with Crippen LogP contribution in [0.4, 0.5) is 0 Å². The Morgan fingerprint density at radius 3 is 2.92 bits per heavy atom. The third-order valence-electron chi connectivity index (χ3n) is 4.53. The van der Waals surface area contributed by atoms with Crippen LogP contribution in [-0.2, 0) is 6.42 Å². The summed E-state index contributed by atoms with van der Waals surface area (Å²) in [5, 5.41) is 20.0. The molecular weight excluding hydrogens is 304 g/mol. The highest BCUT2D eigenvalue weighted by molar-refractivity contribution is 5.94. The summed E-state index contributed by atoms with van der Waals surface area (Å²) in [4.78, 5) is 12.4. The van der Waals surface area contributed by atoms with Crippen LogP contribution < -0.4 is 5.32 Å². The van der Waals surface area contributed by atoms with E-state index in [4.69, 9.17) is 9.68 Å². The van der Waals surface area contributed by atoms with Crippen LogP contribution in [-0.4, -0.2) is 22.1 Å². The molecule has 1 aliphatic rings. The molecule has 0 spiro atoms. The zero-order valence-electron chi connectivity index (χ0n) is 13.9. The van der Waals surface area contributed by atoms with Gasteiger partial charge in [0.1, 0.15) is 0 Å². The molecule has 24 heavy (non-hydrogen) atoms. The van der Waals surface area contributed by atoms with E-state index in [0.29, 0.717) is 28.8 Å². The quantitative estimate of drug-likeness (QED) is 0.933. The number of nitrogens with zero attached hydrogens (tertiary/aromatic N) is 3. The Hall–Kier alpha value is -2.68. The number of carbonyl (C=O) groups is 1. The van der Waals surface area contributed by atoms with Crippen molar-refractivity contribution in [3.05, 3.63) is 46.7 Å². The van der Waals surface area contributed by atoms with Crippen molar-refractivity contribution < 1.29 is 9.21 Å². The summed E-state index contributed by atoms with van der Waals surface area (Å²) >= 11 is 0. The van der Waals surface area contributed by atoms with Crippen molar-refractivity contribution in [1.82, 2.24) is 15.5 Å². The summed E-state index contributed by atoms with van der Waals surface area (Å²) in [6, 6.07) is 7.49. The zero-order chi connectivity index (χ0) is 17.1. The van der Waals surface area contributed by atoms with E-state index in [1.165, 1.54) is 0 Å². The standard InChI is InChI=1S/C18H20N4O2/c1-11-3-5-14(9-15(11)10-19)18(23)20-16-6-4-13(7-16)8-17-22-21-12(2)24-17/h3,5,9,13,16H,4,6-8H2,1-2H3,(H,20,23)/t13-,16+/m1/s1. The molecule has 1 fully saturated rings. The van der Waals surface area contributed by atoms with Gasteiger partial charge in [0.25, 0.3) is 5.91 Å². The van der Waals surface area contributed by atoms with Crippen molar-refractivity contribution in [1.29, 1.82) is 5.26 Å². The van der Waals surface area contributed by atoms with Gasteiger partial charge < -0.3 is 9.73 Å². The van der Waals surface area contributed by atoms with Gasteiger partial charge in [-0.3, -0.25) is 4.79 Å². The Morgan fingerprint density at radius 2 is 2.21 bits per heavy atom. The Kier molecular flexibility index (Phi) is 4.61. The molecule has 1 heterocycles. The maximum absolute atomic E-state index is 12.4. The number of nitriles is 1. The predicted octanol–water partition coefficient (Wildman–Crippen LogP) is 2.70. The van der Waals surface area contributed by atoms with Crippen LogP contribution >= 0.6 is 0 Å². The molecule has 1 amide bonds. The van der Waals surface area contributed by atoms with Crippen molar-refractivity contribution >= 4 is 5.91 Å². The van der Waals surface area contributed by atoms with Gasteiger partial charge in [-0.25, -0.2) is 0 Å². The number of hydrogen-bond donors (Lipinski definition) is 1. The second-order valence-corrected chi connectivity index (χ2v) is 6.41. The predicted molar refractivity (Wildman–Crippen MR) is 87.2 cm³/mol. The highest BCUT2D eigenvalue weighted by Crippen LogP contribution is 2.28. The summed E-state index contributed by atoms with van der Waals surface area (Å²) in [6.45, 7) is 3.65. The molecule has 6 heteroatoms. The van der Waals surface area contributed by atoms with Gasteiger partial charge >= 0.3 is 0 Å². The maximum atomic E-state index is 12.4. The first-order chi connectivity index (χ1) is 11.5. The molecule has 0 unspecified atom stereocenters. The number of aromatic nitrogens is 2. The molecule has 0 bridgehead atoms. The number of benzene rings is 1. The molecule has 1 N–H and O–H groups in total. The largest absolute Gasteiger partial charge is 0.426 e. The molecule has 0 aliphatic heterocycles. The summed E-state index contributed by atoms with van der Waals surface area (Å²) in [5.74, 6) is 1.58. The molecule has 2 aromatic rings. The van der Waals surface area contributed by atoms with Crippen LogP contribution in [0.25, 0.3) is 0 Å². The lowest BCUT2D eigenvalue weighted by Gasteiger charge is -2.13. The van der Waals surface area contributed by atoms with Gasteiger partial charge in [0.2, 0.25) is 11.8 Å². The molecule has 1 aromatic heterocycles. The fourth-order valence-corrected chi connectivity index (χ4v) is 3.21. The fourth-order valence-electron chi connectivity index (χ4n) is 3.21. The number of hydrogen-bond acceptors (Lipinski definition) is 5. The van der Waals surface area contributed by atoms with E-state index >= 15 is 0 Å². The number of nitrogens with one attached hydrogen (secondary N) is 1. The SMILES string of the molecule is Cc1nnc(C[C@@H]2CC[C@H](NC(=O)c3ccc(C)c(C#N)c3)C2)o1. The molecule has 2 atom stereocenters. The van der Waals surface area contributed by atoms with Crippen LogP contribution in [0.2, 0.25) is 0 Å². The Labute approximate surface area is 140 Å². The lowest BCUT2D eigenvalue weighted by Crippen LogP contribution is -2.33. The number of aryl methyl sites for hydroxylation is 2. The summed E-state index contributed by atoms with van der Waals surface area (Å²) in [6.07, 6.45) is 3.64. The number of carbonyl (C=O) groups excluding carboxylic acids is 1. The summed E-state index contributed by atoms with van der Waals surface area (Å²) < 4.78 is 5.43. The summed E-state index contributed by atoms with van der Waals surface area (Å²) in [5.41, 5.74) is 1.96. The van der Waals surface area contributed by atoms with Gasteiger partial charge in [0.15, 0.2) is 0 Å². The molecule has 0 radical (unpaired) electrons. The van der Waals surface area contributed by atoms with E-state index in [-0.39, 0.29) is 11.9 Å². The zero-order valence-corrected chi connectivity index (χ0v) is 13.9. The number of rotatable bonds is 4. The Morgan fingerprint density at radius 1 is 1.38 bits per heavy atom. The minimum Gasteiger partial charge on any atom is -0.426 e. The first-order valence-corrected chi connectivity index (χ1v) is 8.15. The van der Waals surface area contributed by atoms with E-state index in [1.54, 1.807) is 19.1 Å². The van der Waals surface area contributed by atoms with Crippen molar-refractivity contribution in [3.63, 3.8) is 0 Å². The lowest BCUT2D eigenvalue weighted by molar-refractivity contribution is 0.0937. The second kappa shape index (κ2) is 6.83. The molecule has 1 aromatic carbocycles. The van der Waals surface area contributed by atoms with Gasteiger partial charge in [0.05, 0.1) is 11.6 Å². The average molecular weight is 324 g/mol. The molecular formula is C18H20N4O2. The van der Waals surface area contributed by atoms with Crippen LogP contribution in [0.1, 0.15) is 52.5 Å². The van der Waals surface area contributed by atoms with Gasteiger partial charge in [-0.2, -0.15) is 5.26 Å². The highest BCUT2D eigenvalue weighted by Gasteiger charge is 2.27.